The summed E-state index contributed by atoms with van der Waals surface area (Å²) in [5, 5.41) is 8.83. The third-order valence-corrected chi connectivity index (χ3v) is 3.47. The maximum absolute atomic E-state index is 12.4. The molecule has 0 fully saturated rings. The van der Waals surface area contributed by atoms with E-state index in [1.807, 2.05) is 20.8 Å². The van der Waals surface area contributed by atoms with Crippen LogP contribution in [-0.4, -0.2) is 35.0 Å². The molecule has 0 spiro atoms. The minimum absolute atomic E-state index is 0.0690. The predicted octanol–water partition coefficient (Wildman–Crippen LogP) is 2.33. The lowest BCUT2D eigenvalue weighted by Crippen LogP contribution is -2.38. The molecule has 19 heavy (non-hydrogen) atoms. The Hall–Kier alpha value is -1.78. The van der Waals surface area contributed by atoms with E-state index in [9.17, 15) is 9.59 Å². The van der Waals surface area contributed by atoms with Gasteiger partial charge >= 0.3 is 5.97 Å². The number of aryl methyl sites for hydroxylation is 1. The third-order valence-electron chi connectivity index (χ3n) is 3.47. The van der Waals surface area contributed by atoms with Crippen LogP contribution in [0.4, 0.5) is 0 Å². The van der Waals surface area contributed by atoms with Crippen LogP contribution in [0.15, 0.2) is 10.7 Å². The van der Waals surface area contributed by atoms with Gasteiger partial charge in [0.15, 0.2) is 0 Å². The molecule has 106 valence electrons. The highest BCUT2D eigenvalue weighted by molar-refractivity contribution is 5.97. The third kappa shape index (κ3) is 3.36. The quantitative estimate of drug-likeness (QED) is 0.888. The van der Waals surface area contributed by atoms with Gasteiger partial charge < -0.3 is 14.4 Å². The first-order chi connectivity index (χ1) is 8.75. The van der Waals surface area contributed by atoms with Crippen molar-refractivity contribution in [3.8, 4) is 0 Å². The van der Waals surface area contributed by atoms with Gasteiger partial charge in [-0.3, -0.25) is 9.59 Å². The fourth-order valence-corrected chi connectivity index (χ4v) is 1.86. The van der Waals surface area contributed by atoms with E-state index < -0.39 is 5.97 Å². The summed E-state index contributed by atoms with van der Waals surface area (Å²) in [6, 6.07) is 0.0690. The maximum Gasteiger partial charge on any atom is 0.311 e. The highest BCUT2D eigenvalue weighted by atomic mass is 16.4. The highest BCUT2D eigenvalue weighted by Gasteiger charge is 2.26. The number of hydrogen-bond acceptors (Lipinski definition) is 3. The molecule has 1 aromatic heterocycles. The number of nitrogens with zero attached hydrogens (tertiary/aromatic N) is 1. The molecule has 1 amide bonds. The van der Waals surface area contributed by atoms with E-state index in [4.69, 9.17) is 9.52 Å². The van der Waals surface area contributed by atoms with Gasteiger partial charge in [-0.1, -0.05) is 13.8 Å². The molecule has 1 N–H and O–H groups in total. The van der Waals surface area contributed by atoms with Crippen molar-refractivity contribution in [3.05, 3.63) is 23.2 Å². The second kappa shape index (κ2) is 5.91. The second-order valence-corrected chi connectivity index (χ2v) is 5.19. The number of hydrogen-bond donors (Lipinski definition) is 1. The fraction of sp³-hybridized carbons (Fsp3) is 0.571. The average molecular weight is 267 g/mol. The van der Waals surface area contributed by atoms with Crippen LogP contribution in [0.2, 0.25) is 0 Å². The number of carboxylic acid groups (broad SMARTS) is 1. The number of carbonyl (C=O) groups is 2. The number of furan rings is 1. The number of carboxylic acids is 1. The van der Waals surface area contributed by atoms with E-state index in [1.54, 1.807) is 18.9 Å². The Morgan fingerprint density at radius 3 is 2.42 bits per heavy atom. The molecule has 1 atom stereocenters. The summed E-state index contributed by atoms with van der Waals surface area (Å²) in [6.07, 6.45) is 1.15. The molecule has 5 nitrogen and oxygen atoms in total. The zero-order valence-electron chi connectivity index (χ0n) is 12.1. The molecule has 0 saturated heterocycles. The molecule has 0 aliphatic heterocycles. The minimum Gasteiger partial charge on any atom is -0.481 e. The summed E-state index contributed by atoms with van der Waals surface area (Å²) in [7, 11) is 1.73. The van der Waals surface area contributed by atoms with Gasteiger partial charge in [-0.15, -0.1) is 0 Å². The van der Waals surface area contributed by atoms with Crippen molar-refractivity contribution in [1.82, 2.24) is 4.90 Å². The molecule has 0 aliphatic rings. The Balaban J connectivity index is 3.05. The molecule has 0 aliphatic carbocycles. The maximum atomic E-state index is 12.4. The Kier molecular flexibility index (Phi) is 4.75. The first-order valence-electron chi connectivity index (χ1n) is 6.31. The molecule has 0 radical (unpaired) electrons. The molecule has 5 heteroatoms. The Labute approximate surface area is 113 Å². The van der Waals surface area contributed by atoms with Crippen molar-refractivity contribution in [1.29, 1.82) is 0 Å². The zero-order valence-corrected chi connectivity index (χ0v) is 12.1. The lowest BCUT2D eigenvalue weighted by molar-refractivity contribution is -0.136. The van der Waals surface area contributed by atoms with E-state index in [0.717, 1.165) is 0 Å². The first-order valence-corrected chi connectivity index (χ1v) is 6.31. The molecular weight excluding hydrogens is 246 g/mol. The lowest BCUT2D eigenvalue weighted by atomic mass is 10.0. The van der Waals surface area contributed by atoms with Gasteiger partial charge in [0.2, 0.25) is 0 Å². The van der Waals surface area contributed by atoms with E-state index in [1.165, 1.54) is 6.26 Å². The van der Waals surface area contributed by atoms with Crippen molar-refractivity contribution >= 4 is 11.9 Å². The van der Waals surface area contributed by atoms with Gasteiger partial charge in [0, 0.05) is 18.7 Å². The zero-order chi connectivity index (χ0) is 14.7. The van der Waals surface area contributed by atoms with Crippen LogP contribution in [0.25, 0.3) is 0 Å². The predicted molar refractivity (Wildman–Crippen MR) is 71.2 cm³/mol. The van der Waals surface area contributed by atoms with E-state index >= 15 is 0 Å². The van der Waals surface area contributed by atoms with Crippen molar-refractivity contribution < 1.29 is 19.1 Å². The summed E-state index contributed by atoms with van der Waals surface area (Å²) >= 11 is 0. The fourth-order valence-electron chi connectivity index (χ4n) is 1.86. The van der Waals surface area contributed by atoms with Crippen molar-refractivity contribution in [2.45, 2.75) is 40.2 Å². The van der Waals surface area contributed by atoms with E-state index in [-0.39, 0.29) is 24.1 Å². The molecule has 1 rings (SSSR count). The summed E-state index contributed by atoms with van der Waals surface area (Å²) in [5.74, 6) is -0.659. The Morgan fingerprint density at radius 1 is 1.37 bits per heavy atom. The van der Waals surface area contributed by atoms with Gasteiger partial charge in [-0.2, -0.15) is 0 Å². The smallest absolute Gasteiger partial charge is 0.311 e. The van der Waals surface area contributed by atoms with Crippen molar-refractivity contribution in [2.24, 2.45) is 5.92 Å². The molecule has 1 unspecified atom stereocenters. The summed E-state index contributed by atoms with van der Waals surface area (Å²) < 4.78 is 5.19. The first kappa shape index (κ1) is 15.3. The summed E-state index contributed by atoms with van der Waals surface area (Å²) in [5.41, 5.74) is 1.04. The SMILES string of the molecule is Cc1coc(CC(=O)O)c1C(=O)N(C)C(C)C(C)C. The Bertz CT molecular complexity index is 476. The molecule has 0 bridgehead atoms. The van der Waals surface area contributed by atoms with Gasteiger partial charge in [0.1, 0.15) is 12.2 Å². The molecule has 1 aromatic rings. The van der Waals surface area contributed by atoms with Gasteiger partial charge in [0.25, 0.3) is 5.91 Å². The summed E-state index contributed by atoms with van der Waals surface area (Å²) in [4.78, 5) is 24.9. The molecular formula is C14H21NO4. The molecule has 1 heterocycles. The van der Waals surface area contributed by atoms with Crippen LogP contribution in [0, 0.1) is 12.8 Å². The highest BCUT2D eigenvalue weighted by Crippen LogP contribution is 2.21. The van der Waals surface area contributed by atoms with Crippen LogP contribution in [0.5, 0.6) is 0 Å². The summed E-state index contributed by atoms with van der Waals surface area (Å²) in [6.45, 7) is 7.79. The van der Waals surface area contributed by atoms with Crippen LogP contribution in [0.3, 0.4) is 0 Å². The normalized spacial score (nSPS) is 12.5. The Morgan fingerprint density at radius 2 is 1.95 bits per heavy atom. The standard InChI is InChI=1S/C14H21NO4/c1-8(2)10(4)15(5)14(18)13-9(3)7-19-11(13)6-12(16)17/h7-8,10H,6H2,1-5H3,(H,16,17). The van der Waals surface area contributed by atoms with Crippen molar-refractivity contribution in [2.75, 3.05) is 7.05 Å². The van der Waals surface area contributed by atoms with Crippen molar-refractivity contribution in [3.63, 3.8) is 0 Å². The van der Waals surface area contributed by atoms with E-state index in [2.05, 4.69) is 0 Å². The number of aliphatic carboxylic acids is 1. The monoisotopic (exact) mass is 267 g/mol. The van der Waals surface area contributed by atoms with Gasteiger partial charge in [-0.25, -0.2) is 0 Å². The number of carbonyl (C=O) groups excluding carboxylic acids is 1. The van der Waals surface area contributed by atoms with E-state index in [0.29, 0.717) is 17.0 Å². The number of rotatable bonds is 5. The average Bonchev–Trinajstić information content (AvgIpc) is 2.66. The van der Waals surface area contributed by atoms with Crippen LogP contribution >= 0.6 is 0 Å². The topological polar surface area (TPSA) is 70.7 Å². The number of amides is 1. The van der Waals surface area contributed by atoms with Gasteiger partial charge in [-0.05, 0) is 19.8 Å². The molecule has 0 aromatic carbocycles. The van der Waals surface area contributed by atoms with Gasteiger partial charge in [0.05, 0.1) is 11.8 Å². The van der Waals surface area contributed by atoms with Crippen LogP contribution in [0.1, 0.15) is 42.5 Å². The largest absolute Gasteiger partial charge is 0.481 e. The molecule has 0 saturated carbocycles. The van der Waals surface area contributed by atoms with Crippen LogP contribution < -0.4 is 0 Å². The second-order valence-electron chi connectivity index (χ2n) is 5.19. The lowest BCUT2D eigenvalue weighted by Gasteiger charge is -2.28. The van der Waals surface area contributed by atoms with Crippen LogP contribution in [-0.2, 0) is 11.2 Å². The minimum atomic E-state index is -1.01.